The number of fused-ring (bicyclic) bond motifs is 1. The zero-order valence-electron chi connectivity index (χ0n) is 13.2. The summed E-state index contributed by atoms with van der Waals surface area (Å²) in [6.45, 7) is 10.8. The van der Waals surface area contributed by atoms with E-state index >= 15 is 0 Å². The average molecular weight is 261 g/mol. The zero-order chi connectivity index (χ0) is 14.2. The Kier molecular flexibility index (Phi) is 4.03. The molecule has 1 unspecified atom stereocenters. The minimum absolute atomic E-state index is 0.202. The molecular formula is C17H27NO. The Morgan fingerprint density at radius 3 is 2.47 bits per heavy atom. The van der Waals surface area contributed by atoms with E-state index in [0.717, 1.165) is 19.6 Å². The van der Waals surface area contributed by atoms with Crippen LogP contribution in [0.25, 0.3) is 0 Å². The monoisotopic (exact) mass is 261 g/mol. The predicted molar refractivity (Wildman–Crippen MR) is 80.6 cm³/mol. The van der Waals surface area contributed by atoms with Crippen LogP contribution in [0, 0.1) is 0 Å². The van der Waals surface area contributed by atoms with E-state index in [4.69, 9.17) is 4.74 Å². The molecule has 0 radical (unpaired) electrons. The van der Waals surface area contributed by atoms with Gasteiger partial charge in [0.2, 0.25) is 0 Å². The Balaban J connectivity index is 2.56. The van der Waals surface area contributed by atoms with E-state index in [-0.39, 0.29) is 5.41 Å². The van der Waals surface area contributed by atoms with Gasteiger partial charge in [-0.25, -0.2) is 0 Å². The molecule has 0 aromatic heterocycles. The first-order valence-corrected chi connectivity index (χ1v) is 7.21. The molecule has 1 heterocycles. The van der Waals surface area contributed by atoms with Crippen molar-refractivity contribution < 1.29 is 4.74 Å². The van der Waals surface area contributed by atoms with Crippen molar-refractivity contribution in [3.05, 3.63) is 34.4 Å². The smallest absolute Gasteiger partial charge is 0.0722 e. The van der Waals surface area contributed by atoms with Crippen LogP contribution in [0.15, 0.2) is 12.1 Å². The third kappa shape index (κ3) is 3.01. The van der Waals surface area contributed by atoms with Crippen molar-refractivity contribution in [3.63, 3.8) is 0 Å². The van der Waals surface area contributed by atoms with Gasteiger partial charge in [-0.3, -0.25) is 0 Å². The van der Waals surface area contributed by atoms with E-state index < -0.39 is 0 Å². The Hall–Kier alpha value is -0.860. The summed E-state index contributed by atoms with van der Waals surface area (Å²) >= 11 is 0. The molecule has 0 spiro atoms. The Morgan fingerprint density at radius 1 is 1.21 bits per heavy atom. The van der Waals surface area contributed by atoms with Gasteiger partial charge in [0, 0.05) is 6.04 Å². The van der Waals surface area contributed by atoms with Crippen molar-refractivity contribution in [2.75, 3.05) is 20.7 Å². The summed E-state index contributed by atoms with van der Waals surface area (Å²) in [5, 5.41) is 0. The summed E-state index contributed by atoms with van der Waals surface area (Å²) in [7, 11) is 4.29. The normalized spacial score (nSPS) is 17.4. The lowest BCUT2D eigenvalue weighted by Crippen LogP contribution is -2.23. The topological polar surface area (TPSA) is 12.5 Å². The molecule has 106 valence electrons. The first kappa shape index (κ1) is 14.5. The summed E-state index contributed by atoms with van der Waals surface area (Å²) in [6.07, 6.45) is 1.05. The summed E-state index contributed by atoms with van der Waals surface area (Å²) in [5.41, 5.74) is 5.99. The molecule has 0 amide bonds. The maximum atomic E-state index is 5.67. The van der Waals surface area contributed by atoms with Crippen molar-refractivity contribution >= 4 is 0 Å². The summed E-state index contributed by atoms with van der Waals surface area (Å²) in [5.74, 6) is 0. The van der Waals surface area contributed by atoms with E-state index in [1.165, 1.54) is 22.3 Å². The van der Waals surface area contributed by atoms with Crippen LogP contribution in [0.1, 0.15) is 56.0 Å². The van der Waals surface area contributed by atoms with E-state index in [9.17, 15) is 0 Å². The molecule has 1 aromatic rings. The molecule has 19 heavy (non-hydrogen) atoms. The van der Waals surface area contributed by atoms with E-state index in [1.807, 2.05) is 0 Å². The molecule has 1 atom stereocenters. The molecule has 0 saturated carbocycles. The third-order valence-electron chi connectivity index (χ3n) is 4.23. The van der Waals surface area contributed by atoms with Crippen LogP contribution < -0.4 is 0 Å². The van der Waals surface area contributed by atoms with Gasteiger partial charge < -0.3 is 9.64 Å². The summed E-state index contributed by atoms with van der Waals surface area (Å²) in [4.78, 5) is 2.27. The highest BCUT2D eigenvalue weighted by atomic mass is 16.5. The van der Waals surface area contributed by atoms with Gasteiger partial charge in [0.05, 0.1) is 13.2 Å². The second kappa shape index (κ2) is 5.26. The van der Waals surface area contributed by atoms with Crippen LogP contribution in [-0.4, -0.2) is 25.6 Å². The SMILES string of the molecule is CC(c1cc(C(C)(C)C)cc2c1COCC2)N(C)C. The second-order valence-electron chi connectivity index (χ2n) is 6.90. The lowest BCUT2D eigenvalue weighted by atomic mass is 9.81. The van der Waals surface area contributed by atoms with Crippen LogP contribution >= 0.6 is 0 Å². The van der Waals surface area contributed by atoms with Crippen LogP contribution in [0.2, 0.25) is 0 Å². The molecule has 2 heteroatoms. The average Bonchev–Trinajstić information content (AvgIpc) is 2.35. The van der Waals surface area contributed by atoms with Gasteiger partial charge in [-0.15, -0.1) is 0 Å². The number of hydrogen-bond acceptors (Lipinski definition) is 2. The van der Waals surface area contributed by atoms with Gasteiger partial charge in [0.25, 0.3) is 0 Å². The maximum absolute atomic E-state index is 5.67. The van der Waals surface area contributed by atoms with Crippen LogP contribution in [0.4, 0.5) is 0 Å². The molecule has 0 bridgehead atoms. The quantitative estimate of drug-likeness (QED) is 0.805. The van der Waals surface area contributed by atoms with Gasteiger partial charge >= 0.3 is 0 Å². The second-order valence-corrected chi connectivity index (χ2v) is 6.90. The van der Waals surface area contributed by atoms with Crippen LogP contribution in [-0.2, 0) is 23.2 Å². The highest BCUT2D eigenvalue weighted by Crippen LogP contribution is 2.33. The zero-order valence-corrected chi connectivity index (χ0v) is 13.2. The number of hydrogen-bond donors (Lipinski definition) is 0. The molecule has 1 aromatic carbocycles. The highest BCUT2D eigenvalue weighted by Gasteiger charge is 2.23. The maximum Gasteiger partial charge on any atom is 0.0722 e. The van der Waals surface area contributed by atoms with Gasteiger partial charge in [0.1, 0.15) is 0 Å². The van der Waals surface area contributed by atoms with Gasteiger partial charge in [-0.1, -0.05) is 32.9 Å². The van der Waals surface area contributed by atoms with Gasteiger partial charge in [-0.2, -0.15) is 0 Å². The number of nitrogens with zero attached hydrogens (tertiary/aromatic N) is 1. The molecule has 0 N–H and O–H groups in total. The molecule has 0 fully saturated rings. The number of benzene rings is 1. The summed E-state index contributed by atoms with van der Waals surface area (Å²) < 4.78 is 5.67. The largest absolute Gasteiger partial charge is 0.376 e. The number of ether oxygens (including phenoxy) is 1. The van der Waals surface area contributed by atoms with Crippen LogP contribution in [0.5, 0.6) is 0 Å². The van der Waals surface area contributed by atoms with E-state index in [1.54, 1.807) is 0 Å². The fraction of sp³-hybridized carbons (Fsp3) is 0.647. The minimum Gasteiger partial charge on any atom is -0.376 e. The lowest BCUT2D eigenvalue weighted by Gasteiger charge is -2.30. The van der Waals surface area contributed by atoms with E-state index in [0.29, 0.717) is 6.04 Å². The first-order valence-electron chi connectivity index (χ1n) is 7.21. The molecule has 2 nitrogen and oxygen atoms in total. The van der Waals surface area contributed by atoms with Gasteiger partial charge in [-0.05, 0) is 55.1 Å². The van der Waals surface area contributed by atoms with Crippen molar-refractivity contribution in [3.8, 4) is 0 Å². The fourth-order valence-electron chi connectivity index (χ4n) is 2.60. The Morgan fingerprint density at radius 2 is 1.89 bits per heavy atom. The molecular weight excluding hydrogens is 234 g/mol. The highest BCUT2D eigenvalue weighted by molar-refractivity contribution is 5.43. The van der Waals surface area contributed by atoms with Gasteiger partial charge in [0.15, 0.2) is 0 Å². The van der Waals surface area contributed by atoms with Crippen molar-refractivity contribution in [1.29, 1.82) is 0 Å². The third-order valence-corrected chi connectivity index (χ3v) is 4.23. The molecule has 1 aliphatic heterocycles. The lowest BCUT2D eigenvalue weighted by molar-refractivity contribution is 0.108. The Bertz CT molecular complexity index is 457. The fourth-order valence-corrected chi connectivity index (χ4v) is 2.60. The van der Waals surface area contributed by atoms with E-state index in [2.05, 4.69) is 58.8 Å². The predicted octanol–water partition coefficient (Wildman–Crippen LogP) is 3.68. The van der Waals surface area contributed by atoms with Crippen molar-refractivity contribution in [2.45, 2.75) is 52.2 Å². The minimum atomic E-state index is 0.202. The molecule has 2 rings (SSSR count). The molecule has 1 aliphatic rings. The standard InChI is InChI=1S/C17H27NO/c1-12(18(5)6)15-10-14(17(2,3)4)9-13-7-8-19-11-16(13)15/h9-10,12H,7-8,11H2,1-6H3. The first-order chi connectivity index (χ1) is 8.80. The van der Waals surface area contributed by atoms with Crippen molar-refractivity contribution in [1.82, 2.24) is 4.90 Å². The molecule has 0 aliphatic carbocycles. The summed E-state index contributed by atoms with van der Waals surface area (Å²) in [6, 6.07) is 5.21. The van der Waals surface area contributed by atoms with Crippen LogP contribution in [0.3, 0.4) is 0 Å². The number of rotatable bonds is 2. The Labute approximate surface area is 117 Å². The molecule has 0 saturated heterocycles. The van der Waals surface area contributed by atoms with Crippen molar-refractivity contribution in [2.24, 2.45) is 0 Å².